The molecule has 1 N–H and O–H groups in total. The van der Waals surface area contributed by atoms with Crippen LogP contribution in [0.2, 0.25) is 10.0 Å². The Morgan fingerprint density at radius 3 is 2.42 bits per heavy atom. The van der Waals surface area contributed by atoms with Crippen LogP contribution in [0.3, 0.4) is 0 Å². The Bertz CT molecular complexity index is 720. The van der Waals surface area contributed by atoms with E-state index >= 15 is 0 Å². The lowest BCUT2D eigenvalue weighted by molar-refractivity contribution is -0.121. The van der Waals surface area contributed by atoms with E-state index in [0.29, 0.717) is 35.2 Å². The van der Waals surface area contributed by atoms with E-state index < -0.39 is 0 Å². The van der Waals surface area contributed by atoms with E-state index in [1.807, 2.05) is 30.3 Å². The van der Waals surface area contributed by atoms with Crippen molar-refractivity contribution in [2.75, 3.05) is 18.0 Å². The molecule has 0 saturated carbocycles. The highest BCUT2D eigenvalue weighted by atomic mass is 35.5. The molecule has 0 heterocycles. The molecule has 0 aliphatic carbocycles. The van der Waals surface area contributed by atoms with E-state index in [4.69, 9.17) is 23.2 Å². The van der Waals surface area contributed by atoms with Crippen LogP contribution in [-0.2, 0) is 16.0 Å². The van der Waals surface area contributed by atoms with E-state index in [1.165, 1.54) is 11.8 Å². The number of benzene rings is 2. The Morgan fingerprint density at radius 1 is 1.08 bits per heavy atom. The second-order valence-corrected chi connectivity index (χ2v) is 6.12. The maximum Gasteiger partial charge on any atom is 0.224 e. The zero-order valence-corrected chi connectivity index (χ0v) is 14.8. The molecule has 0 radical (unpaired) electrons. The third-order valence-corrected chi connectivity index (χ3v) is 3.98. The van der Waals surface area contributed by atoms with E-state index in [9.17, 15) is 9.59 Å². The average Bonchev–Trinajstić information content (AvgIpc) is 2.53. The summed E-state index contributed by atoms with van der Waals surface area (Å²) in [6, 6.07) is 14.4. The van der Waals surface area contributed by atoms with Crippen LogP contribution in [0.4, 0.5) is 5.69 Å². The minimum absolute atomic E-state index is 0.0908. The number of anilines is 1. The number of hydrogen-bond acceptors (Lipinski definition) is 2. The first kappa shape index (κ1) is 18.3. The quantitative estimate of drug-likeness (QED) is 0.849. The van der Waals surface area contributed by atoms with Gasteiger partial charge in [0.1, 0.15) is 0 Å². The van der Waals surface area contributed by atoms with Crippen molar-refractivity contribution in [3.05, 3.63) is 64.1 Å². The first-order chi connectivity index (χ1) is 11.5. The number of hydrogen-bond donors (Lipinski definition) is 1. The standard InChI is InChI=1S/C18H18Cl2N2O2/c1-13(23)22(17-8-7-15(19)12-16(17)20)10-9-21-18(24)11-14-5-3-2-4-6-14/h2-8,12H,9-11H2,1H3,(H,21,24). The summed E-state index contributed by atoms with van der Waals surface area (Å²) in [5.74, 6) is -0.247. The van der Waals surface area contributed by atoms with Gasteiger partial charge in [0.15, 0.2) is 0 Å². The van der Waals surface area contributed by atoms with Crippen molar-refractivity contribution in [1.82, 2.24) is 5.32 Å². The van der Waals surface area contributed by atoms with Gasteiger partial charge in [0.25, 0.3) is 0 Å². The van der Waals surface area contributed by atoms with E-state index in [-0.39, 0.29) is 11.8 Å². The van der Waals surface area contributed by atoms with Crippen molar-refractivity contribution in [3.8, 4) is 0 Å². The number of amides is 2. The fraction of sp³-hybridized carbons (Fsp3) is 0.222. The summed E-state index contributed by atoms with van der Waals surface area (Å²) in [5, 5.41) is 3.71. The number of nitrogens with one attached hydrogen (secondary N) is 1. The van der Waals surface area contributed by atoms with Gasteiger partial charge in [0.2, 0.25) is 11.8 Å². The Balaban J connectivity index is 1.92. The lowest BCUT2D eigenvalue weighted by atomic mass is 10.1. The average molecular weight is 365 g/mol. The SMILES string of the molecule is CC(=O)N(CCNC(=O)Cc1ccccc1)c1ccc(Cl)cc1Cl. The number of nitrogens with zero attached hydrogens (tertiary/aromatic N) is 1. The van der Waals surface area contributed by atoms with Crippen LogP contribution in [0.15, 0.2) is 48.5 Å². The third kappa shape index (κ3) is 5.25. The molecule has 2 aromatic rings. The third-order valence-electron chi connectivity index (χ3n) is 3.45. The summed E-state index contributed by atoms with van der Waals surface area (Å²) in [6.07, 6.45) is 0.308. The van der Waals surface area contributed by atoms with Crippen molar-refractivity contribution >= 4 is 40.7 Å². The Labute approximate surface area is 151 Å². The van der Waals surface area contributed by atoms with Crippen LogP contribution in [0.1, 0.15) is 12.5 Å². The fourth-order valence-corrected chi connectivity index (χ4v) is 2.81. The zero-order chi connectivity index (χ0) is 17.5. The first-order valence-corrected chi connectivity index (χ1v) is 8.26. The highest BCUT2D eigenvalue weighted by Crippen LogP contribution is 2.28. The maximum absolute atomic E-state index is 12.0. The summed E-state index contributed by atoms with van der Waals surface area (Å²) >= 11 is 12.0. The first-order valence-electron chi connectivity index (χ1n) is 7.51. The molecule has 6 heteroatoms. The number of carbonyl (C=O) groups excluding carboxylic acids is 2. The normalized spacial score (nSPS) is 10.3. The van der Waals surface area contributed by atoms with Gasteiger partial charge in [-0.2, -0.15) is 0 Å². The molecule has 24 heavy (non-hydrogen) atoms. The zero-order valence-electron chi connectivity index (χ0n) is 13.3. The second kappa shape index (κ2) is 8.71. The predicted molar refractivity (Wildman–Crippen MR) is 97.6 cm³/mol. The van der Waals surface area contributed by atoms with Gasteiger partial charge in [-0.25, -0.2) is 0 Å². The largest absolute Gasteiger partial charge is 0.354 e. The molecule has 0 unspecified atom stereocenters. The monoisotopic (exact) mass is 364 g/mol. The van der Waals surface area contributed by atoms with Crippen LogP contribution in [0.5, 0.6) is 0 Å². The summed E-state index contributed by atoms with van der Waals surface area (Å²) in [5.41, 5.74) is 1.52. The fourth-order valence-electron chi connectivity index (χ4n) is 2.30. The van der Waals surface area contributed by atoms with Gasteiger partial charge < -0.3 is 10.2 Å². The van der Waals surface area contributed by atoms with Gasteiger partial charge >= 0.3 is 0 Å². The molecule has 0 aliphatic heterocycles. The summed E-state index contributed by atoms with van der Waals surface area (Å²) in [4.78, 5) is 25.3. The Morgan fingerprint density at radius 2 is 1.79 bits per heavy atom. The van der Waals surface area contributed by atoms with Gasteiger partial charge in [-0.15, -0.1) is 0 Å². The van der Waals surface area contributed by atoms with E-state index in [1.54, 1.807) is 18.2 Å². The topological polar surface area (TPSA) is 49.4 Å². The van der Waals surface area contributed by atoms with Crippen molar-refractivity contribution in [2.45, 2.75) is 13.3 Å². The van der Waals surface area contributed by atoms with E-state index in [0.717, 1.165) is 5.56 Å². The van der Waals surface area contributed by atoms with Gasteiger partial charge in [-0.05, 0) is 23.8 Å². The highest BCUT2D eigenvalue weighted by Gasteiger charge is 2.15. The molecule has 0 aromatic heterocycles. The Kier molecular flexibility index (Phi) is 6.64. The van der Waals surface area contributed by atoms with Crippen LogP contribution >= 0.6 is 23.2 Å². The minimum Gasteiger partial charge on any atom is -0.354 e. The minimum atomic E-state index is -0.156. The molecule has 126 valence electrons. The maximum atomic E-state index is 12.0. The number of halogens is 2. The van der Waals surface area contributed by atoms with Crippen LogP contribution < -0.4 is 10.2 Å². The van der Waals surface area contributed by atoms with Gasteiger partial charge in [0.05, 0.1) is 17.1 Å². The molecule has 2 aromatic carbocycles. The molecule has 0 fully saturated rings. The molecule has 2 rings (SSSR count). The second-order valence-electron chi connectivity index (χ2n) is 5.28. The highest BCUT2D eigenvalue weighted by molar-refractivity contribution is 6.36. The number of rotatable bonds is 6. The summed E-state index contributed by atoms with van der Waals surface area (Å²) < 4.78 is 0. The molecular weight excluding hydrogens is 347 g/mol. The molecular formula is C18H18Cl2N2O2. The van der Waals surface area contributed by atoms with Gasteiger partial charge in [-0.1, -0.05) is 53.5 Å². The van der Waals surface area contributed by atoms with Crippen molar-refractivity contribution in [3.63, 3.8) is 0 Å². The van der Waals surface area contributed by atoms with Crippen LogP contribution in [0.25, 0.3) is 0 Å². The molecule has 2 amide bonds. The smallest absolute Gasteiger partial charge is 0.224 e. The van der Waals surface area contributed by atoms with Gasteiger partial charge in [-0.3, -0.25) is 9.59 Å². The Hall–Kier alpha value is -2.04. The van der Waals surface area contributed by atoms with Crippen molar-refractivity contribution in [2.24, 2.45) is 0 Å². The predicted octanol–water partition coefficient (Wildman–Crippen LogP) is 3.71. The summed E-state index contributed by atoms with van der Waals surface area (Å²) in [7, 11) is 0. The lowest BCUT2D eigenvalue weighted by Gasteiger charge is -2.22. The number of carbonyl (C=O) groups is 2. The van der Waals surface area contributed by atoms with Crippen LogP contribution in [-0.4, -0.2) is 24.9 Å². The lowest BCUT2D eigenvalue weighted by Crippen LogP contribution is -2.38. The van der Waals surface area contributed by atoms with Crippen molar-refractivity contribution < 1.29 is 9.59 Å². The molecule has 4 nitrogen and oxygen atoms in total. The molecule has 0 spiro atoms. The van der Waals surface area contributed by atoms with E-state index in [2.05, 4.69) is 5.32 Å². The molecule has 0 saturated heterocycles. The molecule has 0 atom stereocenters. The molecule has 0 aliphatic rings. The van der Waals surface area contributed by atoms with Crippen molar-refractivity contribution in [1.29, 1.82) is 0 Å². The van der Waals surface area contributed by atoms with Gasteiger partial charge in [0, 0.05) is 25.0 Å². The molecule has 0 bridgehead atoms. The summed E-state index contributed by atoms with van der Waals surface area (Å²) in [6.45, 7) is 2.12. The van der Waals surface area contributed by atoms with Crippen LogP contribution in [0, 0.1) is 0 Å².